The number of hydrogen-bond donors (Lipinski definition) is 2. The van der Waals surface area contributed by atoms with Crippen LogP contribution in [-0.2, 0) is 4.79 Å². The van der Waals surface area contributed by atoms with E-state index in [1.807, 2.05) is 0 Å². The van der Waals surface area contributed by atoms with E-state index in [1.165, 1.54) is 70.6 Å². The van der Waals surface area contributed by atoms with Crippen LogP contribution in [0.1, 0.15) is 119 Å². The molecular weight excluding hydrogens is 428 g/mol. The topological polar surface area (TPSA) is 55.1 Å². The van der Waals surface area contributed by atoms with E-state index in [9.17, 15) is 4.79 Å². The quantitative estimate of drug-likeness (QED) is 0.333. The molecule has 200 valence electrons. The first-order chi connectivity index (χ1) is 16.6. The van der Waals surface area contributed by atoms with Crippen molar-refractivity contribution in [2.24, 2.45) is 58.0 Å². The Morgan fingerprint density at radius 3 is 2.54 bits per heavy atom. The van der Waals surface area contributed by atoms with Gasteiger partial charge in [-0.1, -0.05) is 65.5 Å². The fraction of sp³-hybridized carbons (Fsp3) is 0.906. The molecule has 0 aromatic rings. The molecule has 35 heavy (non-hydrogen) atoms. The number of rotatable bonds is 9. The number of hydrogen-bond acceptors (Lipinski definition) is 2. The van der Waals surface area contributed by atoms with Gasteiger partial charge in [0.2, 0.25) is 5.91 Å². The molecule has 0 heterocycles. The Hall–Kier alpha value is -0.830. The standard InChI is InChI=1S/C32H56N2O/c1-21(2)8-7-9-22(3)27-12-13-28-26-11-10-25-20-24(16-19-34-30(35)23(4)33)14-17-31(25,5)29(26)15-18-32(27,28)6/h10,21-24,26-29H,7-9,11-20,33H2,1-6H3,(H,34,35)/t22-,23+,24?,26?,27-,28?,29?,31+,32-/m1/s1. The van der Waals surface area contributed by atoms with Crippen LogP contribution in [-0.4, -0.2) is 18.5 Å². The van der Waals surface area contributed by atoms with Crippen LogP contribution in [0.15, 0.2) is 11.6 Å². The zero-order valence-corrected chi connectivity index (χ0v) is 23.9. The highest BCUT2D eigenvalue weighted by molar-refractivity contribution is 5.80. The van der Waals surface area contributed by atoms with Gasteiger partial charge in [-0.2, -0.15) is 0 Å². The van der Waals surface area contributed by atoms with Gasteiger partial charge in [-0.25, -0.2) is 0 Å². The lowest BCUT2D eigenvalue weighted by atomic mass is 9.46. The molecule has 3 nitrogen and oxygen atoms in total. The number of nitrogens with one attached hydrogen (secondary N) is 1. The Morgan fingerprint density at radius 2 is 1.83 bits per heavy atom. The minimum atomic E-state index is -0.405. The van der Waals surface area contributed by atoms with Gasteiger partial charge in [-0.05, 0) is 117 Å². The summed E-state index contributed by atoms with van der Waals surface area (Å²) in [5.74, 6) is 6.14. The summed E-state index contributed by atoms with van der Waals surface area (Å²) in [5, 5.41) is 3.03. The Labute approximate surface area is 216 Å². The smallest absolute Gasteiger partial charge is 0.236 e. The second-order valence-electron chi connectivity index (χ2n) is 14.3. The van der Waals surface area contributed by atoms with Gasteiger partial charge in [-0.3, -0.25) is 4.79 Å². The van der Waals surface area contributed by atoms with E-state index in [1.54, 1.807) is 12.5 Å². The Kier molecular flexibility index (Phi) is 8.46. The lowest BCUT2D eigenvalue weighted by Gasteiger charge is -2.58. The first-order valence-electron chi connectivity index (χ1n) is 15.3. The maximum atomic E-state index is 11.8. The molecule has 4 aliphatic carbocycles. The third kappa shape index (κ3) is 5.41. The second kappa shape index (κ2) is 10.9. The van der Waals surface area contributed by atoms with Crippen LogP contribution >= 0.6 is 0 Å². The highest BCUT2D eigenvalue weighted by Crippen LogP contribution is 2.67. The number of carbonyl (C=O) groups is 1. The Bertz CT molecular complexity index is 772. The molecule has 3 heteroatoms. The van der Waals surface area contributed by atoms with Crippen LogP contribution < -0.4 is 11.1 Å². The molecule has 0 aromatic heterocycles. The van der Waals surface area contributed by atoms with Crippen molar-refractivity contribution >= 4 is 5.91 Å². The zero-order valence-electron chi connectivity index (χ0n) is 23.9. The van der Waals surface area contributed by atoms with Crippen molar-refractivity contribution in [3.05, 3.63) is 11.6 Å². The van der Waals surface area contributed by atoms with E-state index in [0.29, 0.717) is 10.8 Å². The third-order valence-corrected chi connectivity index (χ3v) is 11.7. The lowest BCUT2D eigenvalue weighted by Crippen LogP contribution is -2.50. The van der Waals surface area contributed by atoms with E-state index in [4.69, 9.17) is 5.73 Å². The molecule has 0 radical (unpaired) electrons. The molecule has 3 saturated carbocycles. The summed E-state index contributed by atoms with van der Waals surface area (Å²) >= 11 is 0. The first kappa shape index (κ1) is 27.2. The molecule has 4 aliphatic rings. The molecule has 3 fully saturated rings. The summed E-state index contributed by atoms with van der Waals surface area (Å²) in [6.45, 7) is 15.2. The zero-order chi connectivity index (χ0) is 25.4. The summed E-state index contributed by atoms with van der Waals surface area (Å²) in [4.78, 5) is 11.8. The van der Waals surface area contributed by atoms with Crippen LogP contribution in [0.25, 0.3) is 0 Å². The van der Waals surface area contributed by atoms with Crippen molar-refractivity contribution in [2.45, 2.75) is 125 Å². The van der Waals surface area contributed by atoms with Gasteiger partial charge in [0.05, 0.1) is 6.04 Å². The molecule has 0 aliphatic heterocycles. The van der Waals surface area contributed by atoms with Gasteiger partial charge >= 0.3 is 0 Å². The number of fused-ring (bicyclic) bond motifs is 5. The average molecular weight is 485 g/mol. The monoisotopic (exact) mass is 484 g/mol. The molecule has 1 amide bonds. The fourth-order valence-corrected chi connectivity index (χ4v) is 9.57. The Morgan fingerprint density at radius 1 is 1.06 bits per heavy atom. The lowest BCUT2D eigenvalue weighted by molar-refractivity contribution is -0.122. The fourth-order valence-electron chi connectivity index (χ4n) is 9.57. The molecule has 0 spiro atoms. The van der Waals surface area contributed by atoms with Crippen LogP contribution in [0.3, 0.4) is 0 Å². The molecule has 9 atom stereocenters. The van der Waals surface area contributed by atoms with E-state index in [2.05, 4.69) is 46.0 Å². The second-order valence-corrected chi connectivity index (χ2v) is 14.3. The van der Waals surface area contributed by atoms with Crippen LogP contribution in [0.5, 0.6) is 0 Å². The molecular formula is C32H56N2O. The van der Waals surface area contributed by atoms with Gasteiger partial charge in [0, 0.05) is 6.54 Å². The summed E-state index contributed by atoms with van der Waals surface area (Å²) in [7, 11) is 0. The van der Waals surface area contributed by atoms with Gasteiger partial charge in [-0.15, -0.1) is 0 Å². The maximum Gasteiger partial charge on any atom is 0.236 e. The molecule has 3 N–H and O–H groups in total. The molecule has 4 unspecified atom stereocenters. The highest BCUT2D eigenvalue weighted by atomic mass is 16.2. The first-order valence-corrected chi connectivity index (χ1v) is 15.3. The van der Waals surface area contributed by atoms with Gasteiger partial charge in [0.1, 0.15) is 0 Å². The summed E-state index contributed by atoms with van der Waals surface area (Å²) < 4.78 is 0. The van der Waals surface area contributed by atoms with Crippen LogP contribution in [0, 0.1) is 52.3 Å². The van der Waals surface area contributed by atoms with Crippen molar-refractivity contribution in [3.63, 3.8) is 0 Å². The summed E-state index contributed by atoms with van der Waals surface area (Å²) in [6.07, 6.45) is 19.2. The van der Waals surface area contributed by atoms with Crippen LogP contribution in [0.2, 0.25) is 0 Å². The number of nitrogens with two attached hydrogens (primary N) is 1. The largest absolute Gasteiger partial charge is 0.355 e. The van der Waals surface area contributed by atoms with E-state index in [0.717, 1.165) is 54.4 Å². The van der Waals surface area contributed by atoms with E-state index >= 15 is 0 Å². The molecule has 0 aromatic carbocycles. The van der Waals surface area contributed by atoms with Gasteiger partial charge < -0.3 is 11.1 Å². The van der Waals surface area contributed by atoms with Crippen molar-refractivity contribution in [1.82, 2.24) is 5.32 Å². The number of carbonyl (C=O) groups excluding carboxylic acids is 1. The van der Waals surface area contributed by atoms with Gasteiger partial charge in [0.25, 0.3) is 0 Å². The predicted molar refractivity (Wildman–Crippen MR) is 148 cm³/mol. The van der Waals surface area contributed by atoms with E-state index in [-0.39, 0.29) is 5.91 Å². The summed E-state index contributed by atoms with van der Waals surface area (Å²) in [5.41, 5.74) is 8.48. The predicted octanol–water partition coefficient (Wildman–Crippen LogP) is 7.50. The van der Waals surface area contributed by atoms with Crippen LogP contribution in [0.4, 0.5) is 0 Å². The van der Waals surface area contributed by atoms with Gasteiger partial charge in [0.15, 0.2) is 0 Å². The maximum absolute atomic E-state index is 11.8. The molecule has 0 saturated heterocycles. The van der Waals surface area contributed by atoms with Crippen molar-refractivity contribution < 1.29 is 4.79 Å². The number of amides is 1. The summed E-state index contributed by atoms with van der Waals surface area (Å²) in [6, 6.07) is -0.405. The minimum Gasteiger partial charge on any atom is -0.355 e. The SMILES string of the molecule is CC(C)CCC[C@@H](C)[C@H]1CCC2C3CC=C4CC(CCNC(=O)[C@H](C)N)CC[C@]4(C)C3CC[C@@]21C. The normalized spacial score (nSPS) is 40.3. The highest BCUT2D eigenvalue weighted by Gasteiger charge is 2.59. The van der Waals surface area contributed by atoms with Crippen molar-refractivity contribution in [3.8, 4) is 0 Å². The average Bonchev–Trinajstić information content (AvgIpc) is 3.16. The Balaban J connectivity index is 1.38. The van der Waals surface area contributed by atoms with Crippen molar-refractivity contribution in [2.75, 3.05) is 6.54 Å². The molecule has 0 bridgehead atoms. The number of allylic oxidation sites excluding steroid dienone is 2. The third-order valence-electron chi connectivity index (χ3n) is 11.7. The van der Waals surface area contributed by atoms with E-state index < -0.39 is 6.04 Å². The molecule has 4 rings (SSSR count). The minimum absolute atomic E-state index is 0.0141. The van der Waals surface area contributed by atoms with Crippen molar-refractivity contribution in [1.29, 1.82) is 0 Å².